The summed E-state index contributed by atoms with van der Waals surface area (Å²) in [5, 5.41) is 11.9. The number of nitrogens with zero attached hydrogens (tertiary/aromatic N) is 2. The number of rotatable bonds is 7. The minimum Gasteiger partial charge on any atom is -0.507 e. The number of hydrogen-bond donors (Lipinski definition) is 1. The lowest BCUT2D eigenvalue weighted by atomic mass is 9.94. The number of ether oxygens (including phenoxy) is 3. The standard InChI is InChI=1S/C30H28N2O6S/c1-6-38-22-12-8-18(15-23(22)37-5)26-25(27(33)19-9-11-21(36-4)17(3)14-19)28(34)29(35)32(26)30-31-20-10-7-16(2)13-24(20)39-30/h7-15,26,33H,6H2,1-5H3/t26-/m1/s1. The highest BCUT2D eigenvalue weighted by Crippen LogP contribution is 2.46. The average molecular weight is 545 g/mol. The van der Waals surface area contributed by atoms with E-state index in [1.807, 2.05) is 39.0 Å². The maximum absolute atomic E-state index is 13.6. The van der Waals surface area contributed by atoms with Gasteiger partial charge in [-0.3, -0.25) is 14.5 Å². The van der Waals surface area contributed by atoms with Crippen LogP contribution in [0.25, 0.3) is 16.0 Å². The van der Waals surface area contributed by atoms with E-state index in [2.05, 4.69) is 4.98 Å². The van der Waals surface area contributed by atoms with Crippen LogP contribution in [-0.4, -0.2) is 42.6 Å². The first-order chi connectivity index (χ1) is 18.8. The Kier molecular flexibility index (Phi) is 7.01. The Balaban J connectivity index is 1.73. The van der Waals surface area contributed by atoms with Crippen LogP contribution in [0.3, 0.4) is 0 Å². The minimum absolute atomic E-state index is 0.0359. The van der Waals surface area contributed by atoms with E-state index in [1.54, 1.807) is 43.5 Å². The number of aliphatic hydroxyl groups is 1. The van der Waals surface area contributed by atoms with Crippen LogP contribution in [0, 0.1) is 13.8 Å². The lowest BCUT2D eigenvalue weighted by Crippen LogP contribution is -2.29. The number of hydrogen-bond acceptors (Lipinski definition) is 8. The summed E-state index contributed by atoms with van der Waals surface area (Å²) >= 11 is 1.32. The van der Waals surface area contributed by atoms with Crippen molar-refractivity contribution in [2.75, 3.05) is 25.7 Å². The van der Waals surface area contributed by atoms with E-state index in [0.717, 1.165) is 21.3 Å². The van der Waals surface area contributed by atoms with E-state index < -0.39 is 17.7 Å². The third-order valence-corrected chi connectivity index (χ3v) is 7.67. The predicted octanol–water partition coefficient (Wildman–Crippen LogP) is 5.96. The molecule has 0 unspecified atom stereocenters. The number of Topliss-reactive ketones (excluding diaryl/α,β-unsaturated/α-hetero) is 1. The summed E-state index contributed by atoms with van der Waals surface area (Å²) in [7, 11) is 3.08. The molecule has 0 spiro atoms. The normalized spacial score (nSPS) is 16.6. The fourth-order valence-corrected chi connectivity index (χ4v) is 5.87. The molecule has 1 aliphatic heterocycles. The number of aryl methyl sites for hydroxylation is 2. The average Bonchev–Trinajstić information content (AvgIpc) is 3.46. The topological polar surface area (TPSA) is 98.2 Å². The Bertz CT molecular complexity index is 1640. The second kappa shape index (κ2) is 10.4. The van der Waals surface area contributed by atoms with Gasteiger partial charge in [0.2, 0.25) is 0 Å². The van der Waals surface area contributed by atoms with E-state index in [-0.39, 0.29) is 11.3 Å². The molecule has 5 rings (SSSR count). The van der Waals surface area contributed by atoms with Crippen LogP contribution in [0.5, 0.6) is 17.2 Å². The molecule has 1 saturated heterocycles. The van der Waals surface area contributed by atoms with Crippen LogP contribution in [0.15, 0.2) is 60.2 Å². The number of aliphatic hydroxyl groups excluding tert-OH is 1. The smallest absolute Gasteiger partial charge is 0.301 e. The van der Waals surface area contributed by atoms with Crippen LogP contribution in [-0.2, 0) is 9.59 Å². The first-order valence-electron chi connectivity index (χ1n) is 12.4. The van der Waals surface area contributed by atoms with Gasteiger partial charge in [-0.1, -0.05) is 23.5 Å². The van der Waals surface area contributed by atoms with E-state index in [0.29, 0.717) is 40.1 Å². The quantitative estimate of drug-likeness (QED) is 0.174. The summed E-state index contributed by atoms with van der Waals surface area (Å²) < 4.78 is 17.5. The molecule has 9 heteroatoms. The third kappa shape index (κ3) is 4.59. The van der Waals surface area contributed by atoms with Gasteiger partial charge >= 0.3 is 5.91 Å². The molecule has 1 N–H and O–H groups in total. The molecule has 2 heterocycles. The van der Waals surface area contributed by atoms with Crippen molar-refractivity contribution in [1.29, 1.82) is 0 Å². The molecular formula is C30H28N2O6S. The number of thiazole rings is 1. The number of benzene rings is 3. The summed E-state index contributed by atoms with van der Waals surface area (Å²) in [4.78, 5) is 33.2. The molecule has 0 bridgehead atoms. The van der Waals surface area contributed by atoms with Gasteiger partial charge < -0.3 is 19.3 Å². The first kappa shape index (κ1) is 26.2. The Hall–Kier alpha value is -4.37. The van der Waals surface area contributed by atoms with Gasteiger partial charge in [-0.25, -0.2) is 4.98 Å². The molecule has 8 nitrogen and oxygen atoms in total. The zero-order valence-corrected chi connectivity index (χ0v) is 23.1. The van der Waals surface area contributed by atoms with Crippen molar-refractivity contribution in [3.05, 3.63) is 82.4 Å². The number of anilines is 1. The molecule has 1 aliphatic rings. The van der Waals surface area contributed by atoms with E-state index >= 15 is 0 Å². The summed E-state index contributed by atoms with van der Waals surface area (Å²) in [6.07, 6.45) is 0. The number of ketones is 1. The van der Waals surface area contributed by atoms with Gasteiger partial charge in [0.15, 0.2) is 16.6 Å². The third-order valence-electron chi connectivity index (χ3n) is 6.65. The molecule has 0 radical (unpaired) electrons. The van der Waals surface area contributed by atoms with Gasteiger partial charge in [0.25, 0.3) is 5.78 Å². The van der Waals surface area contributed by atoms with Crippen LogP contribution in [0.4, 0.5) is 5.13 Å². The van der Waals surface area contributed by atoms with Gasteiger partial charge in [0, 0.05) is 5.56 Å². The van der Waals surface area contributed by atoms with Crippen molar-refractivity contribution in [3.8, 4) is 17.2 Å². The molecule has 3 aromatic carbocycles. The summed E-state index contributed by atoms with van der Waals surface area (Å²) in [5.41, 5.74) is 3.48. The summed E-state index contributed by atoms with van der Waals surface area (Å²) in [5.74, 6) is -0.229. The van der Waals surface area contributed by atoms with Crippen molar-refractivity contribution < 1.29 is 28.9 Å². The monoisotopic (exact) mass is 544 g/mol. The Morgan fingerprint density at radius 3 is 2.41 bits per heavy atom. The fraction of sp³-hybridized carbons (Fsp3) is 0.233. The highest BCUT2D eigenvalue weighted by molar-refractivity contribution is 7.22. The largest absolute Gasteiger partial charge is 0.507 e. The first-order valence-corrected chi connectivity index (χ1v) is 13.2. The molecule has 1 atom stereocenters. The Morgan fingerprint density at radius 2 is 1.72 bits per heavy atom. The fourth-order valence-electron chi connectivity index (χ4n) is 4.78. The zero-order valence-electron chi connectivity index (χ0n) is 22.3. The summed E-state index contributed by atoms with van der Waals surface area (Å²) in [6, 6.07) is 15.2. The van der Waals surface area contributed by atoms with Crippen molar-refractivity contribution in [3.63, 3.8) is 0 Å². The second-order valence-electron chi connectivity index (χ2n) is 9.16. The molecule has 4 aromatic rings. The summed E-state index contributed by atoms with van der Waals surface area (Å²) in [6.45, 7) is 6.13. The van der Waals surface area contributed by atoms with E-state index in [9.17, 15) is 14.7 Å². The maximum atomic E-state index is 13.6. The highest BCUT2D eigenvalue weighted by Gasteiger charge is 2.48. The molecule has 1 aromatic heterocycles. The highest BCUT2D eigenvalue weighted by atomic mass is 32.1. The number of aromatic nitrogens is 1. The minimum atomic E-state index is -0.946. The molecule has 1 fully saturated rings. The van der Waals surface area contributed by atoms with Crippen LogP contribution in [0.1, 0.15) is 35.2 Å². The van der Waals surface area contributed by atoms with Crippen molar-refractivity contribution >= 4 is 44.1 Å². The van der Waals surface area contributed by atoms with E-state index in [4.69, 9.17) is 14.2 Å². The molecule has 200 valence electrons. The molecule has 0 aliphatic carbocycles. The molecular weight excluding hydrogens is 516 g/mol. The van der Waals surface area contributed by atoms with Crippen LogP contribution >= 0.6 is 11.3 Å². The number of amides is 1. The van der Waals surface area contributed by atoms with Crippen molar-refractivity contribution in [2.45, 2.75) is 26.8 Å². The Labute approximate surface area is 230 Å². The number of carbonyl (C=O) groups excluding carboxylic acids is 2. The molecule has 1 amide bonds. The number of carbonyl (C=O) groups is 2. The maximum Gasteiger partial charge on any atom is 0.301 e. The van der Waals surface area contributed by atoms with E-state index in [1.165, 1.54) is 23.3 Å². The van der Waals surface area contributed by atoms with Crippen LogP contribution < -0.4 is 19.1 Å². The lowest BCUT2D eigenvalue weighted by Gasteiger charge is -2.24. The lowest BCUT2D eigenvalue weighted by molar-refractivity contribution is -0.132. The number of fused-ring (bicyclic) bond motifs is 1. The van der Waals surface area contributed by atoms with Gasteiger partial charge in [0.05, 0.1) is 42.7 Å². The Morgan fingerprint density at radius 1 is 0.974 bits per heavy atom. The predicted molar refractivity (Wildman–Crippen MR) is 151 cm³/mol. The van der Waals surface area contributed by atoms with Crippen LogP contribution in [0.2, 0.25) is 0 Å². The molecule has 0 saturated carbocycles. The van der Waals surface area contributed by atoms with Gasteiger partial charge in [-0.2, -0.15) is 0 Å². The zero-order chi connectivity index (χ0) is 27.8. The van der Waals surface area contributed by atoms with Gasteiger partial charge in [-0.15, -0.1) is 0 Å². The second-order valence-corrected chi connectivity index (χ2v) is 10.2. The van der Waals surface area contributed by atoms with Gasteiger partial charge in [-0.05, 0) is 79.9 Å². The van der Waals surface area contributed by atoms with Gasteiger partial charge in [0.1, 0.15) is 11.5 Å². The molecule has 39 heavy (non-hydrogen) atoms. The number of methoxy groups -OCH3 is 2. The SMILES string of the molecule is CCOc1ccc([C@@H]2C(=C(O)c3ccc(OC)c(C)c3)C(=O)C(=O)N2c2nc3ccc(C)cc3s2)cc1OC. The van der Waals surface area contributed by atoms with Crippen molar-refractivity contribution in [1.82, 2.24) is 4.98 Å². The van der Waals surface area contributed by atoms with Crippen molar-refractivity contribution in [2.24, 2.45) is 0 Å².